The van der Waals surface area contributed by atoms with Crippen molar-refractivity contribution in [3.8, 4) is 0 Å². The molecule has 1 atom stereocenters. The number of amides is 1. The van der Waals surface area contributed by atoms with Crippen molar-refractivity contribution in [3.63, 3.8) is 0 Å². The van der Waals surface area contributed by atoms with Gasteiger partial charge in [-0.15, -0.1) is 0 Å². The van der Waals surface area contributed by atoms with Crippen LogP contribution in [0.5, 0.6) is 0 Å². The Hall–Kier alpha value is -2.40. The van der Waals surface area contributed by atoms with Gasteiger partial charge in [0.05, 0.1) is 18.4 Å². The van der Waals surface area contributed by atoms with Gasteiger partial charge in [-0.3, -0.25) is 9.59 Å². The average molecular weight is 273 g/mol. The van der Waals surface area contributed by atoms with Gasteiger partial charge in [-0.05, 0) is 25.1 Å². The van der Waals surface area contributed by atoms with Crippen LogP contribution in [0.1, 0.15) is 39.5 Å². The maximum absolute atomic E-state index is 12.0. The minimum atomic E-state index is -0.918. The van der Waals surface area contributed by atoms with Crippen molar-refractivity contribution in [2.45, 2.75) is 13.0 Å². The monoisotopic (exact) mass is 273 g/mol. The smallest absolute Gasteiger partial charge is 0.252 e. The zero-order valence-corrected chi connectivity index (χ0v) is 11.0. The molecule has 0 aliphatic carbocycles. The van der Waals surface area contributed by atoms with Crippen molar-refractivity contribution in [2.75, 3.05) is 6.54 Å². The molecule has 1 unspecified atom stereocenters. The molecule has 5 nitrogen and oxygen atoms in total. The van der Waals surface area contributed by atoms with Gasteiger partial charge in [-0.2, -0.15) is 0 Å². The molecule has 1 amide bonds. The zero-order valence-electron chi connectivity index (χ0n) is 11.0. The number of carbonyl (C=O) groups excluding carboxylic acids is 2. The second-order valence-corrected chi connectivity index (χ2v) is 4.34. The van der Waals surface area contributed by atoms with Gasteiger partial charge in [0.2, 0.25) is 0 Å². The van der Waals surface area contributed by atoms with Crippen LogP contribution in [0.2, 0.25) is 0 Å². The largest absolute Gasteiger partial charge is 0.467 e. The van der Waals surface area contributed by atoms with E-state index in [1.165, 1.54) is 13.2 Å². The van der Waals surface area contributed by atoms with E-state index in [0.29, 0.717) is 16.9 Å². The van der Waals surface area contributed by atoms with Gasteiger partial charge in [-0.1, -0.05) is 18.2 Å². The molecular formula is C15H15NO4. The first-order chi connectivity index (χ1) is 9.59. The van der Waals surface area contributed by atoms with Gasteiger partial charge in [0, 0.05) is 5.56 Å². The third-order valence-electron chi connectivity index (χ3n) is 2.88. The quantitative estimate of drug-likeness (QED) is 0.816. The summed E-state index contributed by atoms with van der Waals surface area (Å²) >= 11 is 0. The fourth-order valence-electron chi connectivity index (χ4n) is 1.85. The van der Waals surface area contributed by atoms with Crippen LogP contribution in [0.4, 0.5) is 0 Å². The van der Waals surface area contributed by atoms with E-state index in [1.807, 2.05) is 0 Å². The Morgan fingerprint density at radius 2 is 1.90 bits per heavy atom. The lowest BCUT2D eigenvalue weighted by Gasteiger charge is -2.11. The minimum Gasteiger partial charge on any atom is -0.467 e. The summed E-state index contributed by atoms with van der Waals surface area (Å²) in [5, 5.41) is 12.4. The topological polar surface area (TPSA) is 79.5 Å². The highest BCUT2D eigenvalue weighted by Gasteiger charge is 2.16. The van der Waals surface area contributed by atoms with E-state index in [-0.39, 0.29) is 12.3 Å². The summed E-state index contributed by atoms with van der Waals surface area (Å²) in [4.78, 5) is 23.5. The average Bonchev–Trinajstić information content (AvgIpc) is 2.98. The molecule has 0 aliphatic heterocycles. The van der Waals surface area contributed by atoms with Crippen LogP contribution in [-0.2, 0) is 0 Å². The number of benzene rings is 1. The van der Waals surface area contributed by atoms with E-state index in [4.69, 9.17) is 4.42 Å². The predicted octanol–water partition coefficient (Wildman–Crippen LogP) is 1.95. The van der Waals surface area contributed by atoms with Gasteiger partial charge < -0.3 is 14.8 Å². The molecule has 1 aromatic carbocycles. The summed E-state index contributed by atoms with van der Waals surface area (Å²) in [6.07, 6.45) is 0.532. The van der Waals surface area contributed by atoms with Crippen LogP contribution in [0, 0.1) is 0 Å². The maximum Gasteiger partial charge on any atom is 0.252 e. The van der Waals surface area contributed by atoms with Gasteiger partial charge in [0.15, 0.2) is 5.78 Å². The van der Waals surface area contributed by atoms with Crippen LogP contribution < -0.4 is 5.32 Å². The van der Waals surface area contributed by atoms with E-state index in [1.54, 1.807) is 36.4 Å². The molecule has 0 spiro atoms. The number of Topliss-reactive ketones (excluding diaryl/α,β-unsaturated/α-hetero) is 1. The number of carbonyl (C=O) groups is 2. The fourth-order valence-corrected chi connectivity index (χ4v) is 1.85. The third kappa shape index (κ3) is 3.13. The predicted molar refractivity (Wildman–Crippen MR) is 72.4 cm³/mol. The number of hydrogen-bond acceptors (Lipinski definition) is 4. The lowest BCUT2D eigenvalue weighted by molar-refractivity contribution is 0.0892. The van der Waals surface area contributed by atoms with Crippen molar-refractivity contribution in [3.05, 3.63) is 59.5 Å². The van der Waals surface area contributed by atoms with E-state index in [0.717, 1.165) is 0 Å². The molecule has 1 heterocycles. The Labute approximate surface area is 116 Å². The molecule has 0 fully saturated rings. The lowest BCUT2D eigenvalue weighted by Crippen LogP contribution is -2.29. The van der Waals surface area contributed by atoms with Crippen molar-refractivity contribution in [1.29, 1.82) is 0 Å². The Morgan fingerprint density at radius 3 is 2.50 bits per heavy atom. The molecule has 20 heavy (non-hydrogen) atoms. The molecule has 2 N–H and O–H groups in total. The molecule has 0 saturated carbocycles. The molecule has 0 saturated heterocycles. The van der Waals surface area contributed by atoms with E-state index in [2.05, 4.69) is 5.32 Å². The number of rotatable bonds is 5. The van der Waals surface area contributed by atoms with Crippen LogP contribution in [0.3, 0.4) is 0 Å². The molecule has 0 bridgehead atoms. The molecular weight excluding hydrogens is 258 g/mol. The SMILES string of the molecule is CC(=O)c1ccccc1C(=O)NCC(O)c1ccco1. The summed E-state index contributed by atoms with van der Waals surface area (Å²) in [5.74, 6) is -0.200. The maximum atomic E-state index is 12.0. The highest BCUT2D eigenvalue weighted by molar-refractivity contribution is 6.07. The van der Waals surface area contributed by atoms with Crippen LogP contribution >= 0.6 is 0 Å². The normalized spacial score (nSPS) is 11.9. The Morgan fingerprint density at radius 1 is 1.20 bits per heavy atom. The Bertz CT molecular complexity index is 604. The van der Waals surface area contributed by atoms with Crippen LogP contribution in [0.25, 0.3) is 0 Å². The van der Waals surface area contributed by atoms with E-state index >= 15 is 0 Å². The van der Waals surface area contributed by atoms with Gasteiger partial charge in [0.1, 0.15) is 11.9 Å². The molecule has 2 rings (SSSR count). The molecule has 104 valence electrons. The summed E-state index contributed by atoms with van der Waals surface area (Å²) in [7, 11) is 0. The van der Waals surface area contributed by atoms with E-state index in [9.17, 15) is 14.7 Å². The second-order valence-electron chi connectivity index (χ2n) is 4.34. The Kier molecular flexibility index (Phi) is 4.32. The summed E-state index contributed by atoms with van der Waals surface area (Å²) in [5.41, 5.74) is 0.657. The fraction of sp³-hybridized carbons (Fsp3) is 0.200. The highest BCUT2D eigenvalue weighted by atomic mass is 16.4. The number of aliphatic hydroxyl groups excluding tert-OH is 1. The van der Waals surface area contributed by atoms with Crippen molar-refractivity contribution < 1.29 is 19.1 Å². The molecule has 1 aromatic heterocycles. The lowest BCUT2D eigenvalue weighted by atomic mass is 10.0. The molecule has 0 radical (unpaired) electrons. The van der Waals surface area contributed by atoms with E-state index < -0.39 is 12.0 Å². The number of aliphatic hydroxyl groups is 1. The van der Waals surface area contributed by atoms with Gasteiger partial charge >= 0.3 is 0 Å². The number of nitrogens with one attached hydrogen (secondary N) is 1. The number of ketones is 1. The van der Waals surface area contributed by atoms with Crippen LogP contribution in [-0.4, -0.2) is 23.3 Å². The molecule has 2 aromatic rings. The third-order valence-corrected chi connectivity index (χ3v) is 2.88. The van der Waals surface area contributed by atoms with Crippen molar-refractivity contribution >= 4 is 11.7 Å². The Balaban J connectivity index is 2.04. The summed E-state index contributed by atoms with van der Waals surface area (Å²) in [6.45, 7) is 1.42. The zero-order chi connectivity index (χ0) is 14.5. The first-order valence-electron chi connectivity index (χ1n) is 6.19. The number of furan rings is 1. The number of hydrogen-bond donors (Lipinski definition) is 2. The van der Waals surface area contributed by atoms with Gasteiger partial charge in [-0.25, -0.2) is 0 Å². The second kappa shape index (κ2) is 6.16. The first kappa shape index (κ1) is 14.0. The minimum absolute atomic E-state index is 0.0125. The van der Waals surface area contributed by atoms with Crippen LogP contribution in [0.15, 0.2) is 47.1 Å². The molecule has 0 aliphatic rings. The van der Waals surface area contributed by atoms with Crippen molar-refractivity contribution in [2.24, 2.45) is 0 Å². The standard InChI is InChI=1S/C15H15NO4/c1-10(17)11-5-2-3-6-12(11)15(19)16-9-13(18)14-7-4-8-20-14/h2-8,13,18H,9H2,1H3,(H,16,19). The summed E-state index contributed by atoms with van der Waals surface area (Å²) in [6, 6.07) is 9.84. The summed E-state index contributed by atoms with van der Waals surface area (Å²) < 4.78 is 5.04. The highest BCUT2D eigenvalue weighted by Crippen LogP contribution is 2.13. The van der Waals surface area contributed by atoms with Crippen molar-refractivity contribution in [1.82, 2.24) is 5.32 Å². The molecule has 5 heteroatoms. The first-order valence-corrected chi connectivity index (χ1v) is 6.19. The van der Waals surface area contributed by atoms with Gasteiger partial charge in [0.25, 0.3) is 5.91 Å².